The Labute approximate surface area is 82.0 Å². The summed E-state index contributed by atoms with van der Waals surface area (Å²) < 4.78 is 1.05. The zero-order valence-electron chi connectivity index (χ0n) is 8.70. The minimum absolute atomic E-state index is 0.282. The Balaban J connectivity index is 3.25. The molecule has 78 valence electrons. The summed E-state index contributed by atoms with van der Waals surface area (Å²) in [7, 11) is 1.45. The molecule has 0 atom stereocenters. The van der Waals surface area contributed by atoms with Crippen LogP contribution in [0, 0.1) is 0 Å². The number of hydrogen-bond acceptors (Lipinski definition) is 3. The van der Waals surface area contributed by atoms with E-state index in [4.69, 9.17) is 0 Å². The lowest BCUT2D eigenvalue weighted by Gasteiger charge is -2.19. The third kappa shape index (κ3) is 1.86. The first-order chi connectivity index (χ1) is 6.60. The van der Waals surface area contributed by atoms with Gasteiger partial charge in [0.05, 0.1) is 0 Å². The molecule has 0 radical (unpaired) electrons. The minimum atomic E-state index is -0.376. The number of nitrogens with zero attached hydrogens (tertiary/aromatic N) is 2. The van der Waals surface area contributed by atoms with Crippen molar-refractivity contribution in [1.29, 1.82) is 0 Å². The molecular weight excluding hydrogens is 182 g/mol. The summed E-state index contributed by atoms with van der Waals surface area (Å²) in [4.78, 5) is 27.2. The molecule has 0 aromatic carbocycles. The van der Waals surface area contributed by atoms with Crippen LogP contribution in [0.4, 0.5) is 5.82 Å². The largest absolute Gasteiger partial charge is 0.358 e. The van der Waals surface area contributed by atoms with Crippen LogP contribution in [0.25, 0.3) is 0 Å². The van der Waals surface area contributed by atoms with Gasteiger partial charge in [0.1, 0.15) is 5.82 Å². The van der Waals surface area contributed by atoms with E-state index in [0.29, 0.717) is 5.82 Å². The number of aromatic amines is 1. The fraction of sp³-hybridized carbons (Fsp3) is 0.556. The van der Waals surface area contributed by atoms with Crippen molar-refractivity contribution in [2.75, 3.05) is 18.0 Å². The van der Waals surface area contributed by atoms with Crippen LogP contribution in [0.2, 0.25) is 0 Å². The van der Waals surface area contributed by atoms with Crippen LogP contribution in [0.15, 0.2) is 15.7 Å². The second-order valence-corrected chi connectivity index (χ2v) is 3.03. The maximum atomic E-state index is 11.3. The van der Waals surface area contributed by atoms with Crippen molar-refractivity contribution >= 4 is 5.82 Å². The first kappa shape index (κ1) is 10.6. The van der Waals surface area contributed by atoms with Crippen LogP contribution in [0.5, 0.6) is 0 Å². The molecule has 0 saturated carbocycles. The van der Waals surface area contributed by atoms with Gasteiger partial charge in [-0.15, -0.1) is 0 Å². The van der Waals surface area contributed by atoms with Gasteiger partial charge >= 0.3 is 5.69 Å². The van der Waals surface area contributed by atoms with Crippen molar-refractivity contribution in [1.82, 2.24) is 9.55 Å². The number of H-pyrrole nitrogens is 1. The molecule has 0 fully saturated rings. The fourth-order valence-corrected chi connectivity index (χ4v) is 1.28. The van der Waals surface area contributed by atoms with Gasteiger partial charge in [-0.25, -0.2) is 4.79 Å². The van der Waals surface area contributed by atoms with Gasteiger partial charge in [0.2, 0.25) is 0 Å². The predicted molar refractivity (Wildman–Crippen MR) is 55.9 cm³/mol. The summed E-state index contributed by atoms with van der Waals surface area (Å²) in [5.74, 6) is 0.586. The molecule has 5 heteroatoms. The summed E-state index contributed by atoms with van der Waals surface area (Å²) in [5.41, 5.74) is -0.657. The third-order valence-electron chi connectivity index (χ3n) is 2.23. The molecule has 14 heavy (non-hydrogen) atoms. The minimum Gasteiger partial charge on any atom is -0.358 e. The normalized spacial score (nSPS) is 10.2. The Morgan fingerprint density at radius 2 is 1.93 bits per heavy atom. The first-order valence-corrected chi connectivity index (χ1v) is 4.65. The molecule has 5 nitrogen and oxygen atoms in total. The van der Waals surface area contributed by atoms with Gasteiger partial charge in [-0.1, -0.05) is 0 Å². The maximum absolute atomic E-state index is 11.3. The van der Waals surface area contributed by atoms with Gasteiger partial charge in [0.25, 0.3) is 5.56 Å². The smallest absolute Gasteiger partial charge is 0.329 e. The summed E-state index contributed by atoms with van der Waals surface area (Å²) in [5, 5.41) is 0. The number of aromatic nitrogens is 2. The van der Waals surface area contributed by atoms with Crippen LogP contribution >= 0.6 is 0 Å². The van der Waals surface area contributed by atoms with E-state index in [-0.39, 0.29) is 11.2 Å². The van der Waals surface area contributed by atoms with Crippen LogP contribution in [0.1, 0.15) is 13.8 Å². The lowest BCUT2D eigenvalue weighted by molar-refractivity contribution is 0.752. The highest BCUT2D eigenvalue weighted by Gasteiger charge is 2.05. The van der Waals surface area contributed by atoms with Gasteiger partial charge in [-0.2, -0.15) is 0 Å². The van der Waals surface area contributed by atoms with E-state index in [9.17, 15) is 9.59 Å². The first-order valence-electron chi connectivity index (χ1n) is 4.65. The molecule has 0 aliphatic rings. The SMILES string of the molecule is CCN(CC)c1cc(=O)n(C)c(=O)[nH]1. The van der Waals surface area contributed by atoms with Crippen molar-refractivity contribution in [2.45, 2.75) is 13.8 Å². The second-order valence-electron chi connectivity index (χ2n) is 3.03. The molecule has 1 heterocycles. The molecule has 0 spiro atoms. The molecule has 1 aromatic heterocycles. The van der Waals surface area contributed by atoms with Gasteiger partial charge in [-0.05, 0) is 13.8 Å². The molecule has 0 bridgehead atoms. The number of hydrogen-bond donors (Lipinski definition) is 1. The lowest BCUT2D eigenvalue weighted by Crippen LogP contribution is -2.35. The highest BCUT2D eigenvalue weighted by molar-refractivity contribution is 5.35. The molecule has 0 aliphatic carbocycles. The van der Waals surface area contributed by atoms with E-state index in [1.807, 2.05) is 18.7 Å². The van der Waals surface area contributed by atoms with Gasteiger partial charge in [0, 0.05) is 26.2 Å². The summed E-state index contributed by atoms with van der Waals surface area (Å²) in [6.45, 7) is 5.47. The zero-order chi connectivity index (χ0) is 10.7. The van der Waals surface area contributed by atoms with Gasteiger partial charge in [-0.3, -0.25) is 14.3 Å². The fourth-order valence-electron chi connectivity index (χ4n) is 1.28. The molecule has 1 N–H and O–H groups in total. The predicted octanol–water partition coefficient (Wildman–Crippen LogP) is -0.0802. The Bertz CT molecular complexity index is 384. The van der Waals surface area contributed by atoms with Crippen molar-refractivity contribution in [3.05, 3.63) is 26.9 Å². The van der Waals surface area contributed by atoms with E-state index in [1.165, 1.54) is 13.1 Å². The van der Waals surface area contributed by atoms with Crippen LogP contribution < -0.4 is 16.1 Å². The lowest BCUT2D eigenvalue weighted by atomic mass is 10.4. The highest BCUT2D eigenvalue weighted by atomic mass is 16.2. The van der Waals surface area contributed by atoms with Gasteiger partial charge in [0.15, 0.2) is 0 Å². The molecule has 1 aromatic rings. The average Bonchev–Trinajstić information content (AvgIpc) is 2.16. The van der Waals surface area contributed by atoms with Crippen molar-refractivity contribution in [2.24, 2.45) is 7.05 Å². The van der Waals surface area contributed by atoms with Crippen LogP contribution in [0.3, 0.4) is 0 Å². The Morgan fingerprint density at radius 1 is 1.36 bits per heavy atom. The number of anilines is 1. The Hall–Kier alpha value is -1.52. The summed E-state index contributed by atoms with van der Waals surface area (Å²) in [6.07, 6.45) is 0. The highest BCUT2D eigenvalue weighted by Crippen LogP contribution is 2.03. The van der Waals surface area contributed by atoms with E-state index >= 15 is 0 Å². The summed E-state index contributed by atoms with van der Waals surface area (Å²) in [6, 6.07) is 1.44. The molecule has 0 saturated heterocycles. The van der Waals surface area contributed by atoms with Gasteiger partial charge < -0.3 is 4.90 Å². The zero-order valence-corrected chi connectivity index (χ0v) is 8.70. The van der Waals surface area contributed by atoms with E-state index in [2.05, 4.69) is 4.98 Å². The standard InChI is InChI=1S/C9H15N3O2/c1-4-12(5-2)7-6-8(13)11(3)9(14)10-7/h6H,4-5H2,1-3H3,(H,10,14). The third-order valence-corrected chi connectivity index (χ3v) is 2.23. The van der Waals surface area contributed by atoms with Crippen LogP contribution in [-0.2, 0) is 7.05 Å². The van der Waals surface area contributed by atoms with Crippen molar-refractivity contribution in [3.63, 3.8) is 0 Å². The summed E-state index contributed by atoms with van der Waals surface area (Å²) >= 11 is 0. The van der Waals surface area contributed by atoms with Crippen molar-refractivity contribution < 1.29 is 0 Å². The number of nitrogens with one attached hydrogen (secondary N) is 1. The van der Waals surface area contributed by atoms with E-state index < -0.39 is 0 Å². The Morgan fingerprint density at radius 3 is 2.36 bits per heavy atom. The quantitative estimate of drug-likeness (QED) is 0.737. The maximum Gasteiger partial charge on any atom is 0.329 e. The molecule has 0 aliphatic heterocycles. The topological polar surface area (TPSA) is 58.1 Å². The molecule has 0 unspecified atom stereocenters. The molecular formula is C9H15N3O2. The average molecular weight is 197 g/mol. The Kier molecular flexibility index (Phi) is 3.11. The number of rotatable bonds is 3. The van der Waals surface area contributed by atoms with Crippen molar-refractivity contribution in [3.8, 4) is 0 Å². The molecule has 1 rings (SSSR count). The van der Waals surface area contributed by atoms with E-state index in [0.717, 1.165) is 17.7 Å². The van der Waals surface area contributed by atoms with E-state index in [1.54, 1.807) is 0 Å². The second kappa shape index (κ2) is 4.13. The molecule has 0 amide bonds. The monoisotopic (exact) mass is 197 g/mol. The van der Waals surface area contributed by atoms with Crippen LogP contribution in [-0.4, -0.2) is 22.6 Å².